The Hall–Kier alpha value is 0.310. The maximum Gasteiger partial charge on any atom is 0.0402 e. The van der Waals surface area contributed by atoms with E-state index in [0.717, 1.165) is 0 Å². The van der Waals surface area contributed by atoms with Gasteiger partial charge in [-0.25, -0.2) is 0 Å². The van der Waals surface area contributed by atoms with E-state index in [2.05, 4.69) is 12.6 Å². The van der Waals surface area contributed by atoms with Crippen LogP contribution in [-0.2, 0) is 0 Å². The molecule has 0 unspecified atom stereocenters. The summed E-state index contributed by atoms with van der Waals surface area (Å²) in [6.07, 6.45) is 1.69. The van der Waals surface area contributed by atoms with Gasteiger partial charge in [0.15, 0.2) is 0 Å². The molecule has 0 aliphatic heterocycles. The van der Waals surface area contributed by atoms with Crippen LogP contribution in [0.15, 0.2) is 0 Å². The second-order valence-corrected chi connectivity index (χ2v) is 0.316. The maximum absolute atomic E-state index is 7.57. The lowest BCUT2D eigenvalue weighted by atomic mass is 10.9. The Balaban J connectivity index is 0. The van der Waals surface area contributed by atoms with Crippen LogP contribution in [0, 0.1) is 0 Å². The molecule has 0 aliphatic carbocycles. The van der Waals surface area contributed by atoms with E-state index in [4.69, 9.17) is 5.11 Å². The van der Waals surface area contributed by atoms with Gasteiger partial charge in [0.05, 0.1) is 0 Å². The van der Waals surface area contributed by atoms with Gasteiger partial charge in [0.1, 0.15) is 0 Å². The van der Waals surface area contributed by atoms with E-state index >= 15 is 0 Å². The molecule has 0 aliphatic rings. The molecule has 0 saturated carbocycles. The smallest absolute Gasteiger partial charge is 0.0402 e. The maximum atomic E-state index is 7.57. The molecule has 1 nitrogen and oxygen atoms in total. The van der Waals surface area contributed by atoms with E-state index in [1.165, 1.54) is 0 Å². The quantitative estimate of drug-likeness (QED) is 0.420. The molecule has 0 aromatic rings. The highest BCUT2D eigenvalue weighted by molar-refractivity contribution is 7.79. The molecule has 0 aromatic carbocycles. The first-order valence-corrected chi connectivity index (χ1v) is 2.36. The van der Waals surface area contributed by atoms with Crippen molar-refractivity contribution in [1.29, 1.82) is 0 Å². The molecule has 5 heavy (non-hydrogen) atoms. The molecule has 34 valence electrons. The summed E-state index contributed by atoms with van der Waals surface area (Å²) >= 11 is 3.53. The van der Waals surface area contributed by atoms with Crippen molar-refractivity contribution >= 4 is 12.6 Å². The van der Waals surface area contributed by atoms with Gasteiger partial charge in [0.2, 0.25) is 0 Å². The van der Waals surface area contributed by atoms with Gasteiger partial charge in [-0.05, 0) is 13.2 Å². The Kier molecular flexibility index (Phi) is 49.5. The molecule has 1 N–H and O–H groups in total. The molecule has 2 heteroatoms. The summed E-state index contributed by atoms with van der Waals surface area (Å²) in [6, 6.07) is 0. The second kappa shape index (κ2) is 27.5. The molecule has 0 rings (SSSR count). The van der Waals surface area contributed by atoms with Crippen molar-refractivity contribution in [1.82, 2.24) is 0 Å². The average molecular weight is 94.2 g/mol. The predicted molar refractivity (Wildman–Crippen MR) is 27.7 cm³/mol. The molecule has 0 atom stereocenters. The fraction of sp³-hybridized carbons (Fsp3) is 1.00. The number of aliphatic hydroxyl groups excluding tert-OH is 1. The van der Waals surface area contributed by atoms with Crippen LogP contribution in [0.25, 0.3) is 0 Å². The van der Waals surface area contributed by atoms with Crippen LogP contribution >= 0.6 is 12.6 Å². The fourth-order valence-corrected chi connectivity index (χ4v) is 0. The van der Waals surface area contributed by atoms with Gasteiger partial charge >= 0.3 is 0 Å². The summed E-state index contributed by atoms with van der Waals surface area (Å²) in [4.78, 5) is 0. The predicted octanol–water partition coefficient (Wildman–Crippen LogP) is 0.545. The van der Waals surface area contributed by atoms with Crippen LogP contribution in [-0.4, -0.2) is 18.0 Å². The van der Waals surface area contributed by atoms with E-state index in [1.54, 1.807) is 13.2 Å². The summed E-state index contributed by atoms with van der Waals surface area (Å²) in [7, 11) is 0. The van der Waals surface area contributed by atoms with Crippen molar-refractivity contribution in [2.75, 3.05) is 12.9 Å². The Bertz CT molecular complexity index is 6.85. The van der Waals surface area contributed by atoms with E-state index in [1.807, 2.05) is 0 Å². The molecular weight excluding hydrogens is 84.1 g/mol. The van der Waals surface area contributed by atoms with Crippen LogP contribution in [0.3, 0.4) is 0 Å². The van der Waals surface area contributed by atoms with Crippen LogP contribution in [0.4, 0.5) is 0 Å². The van der Waals surface area contributed by atoms with Crippen molar-refractivity contribution in [2.45, 2.75) is 6.92 Å². The Morgan fingerprint density at radius 1 is 1.60 bits per heavy atom. The summed E-state index contributed by atoms with van der Waals surface area (Å²) in [5.74, 6) is 0. The molecule has 0 spiro atoms. The minimum atomic E-state index is 0.250. The van der Waals surface area contributed by atoms with Gasteiger partial charge in [-0.2, -0.15) is 12.6 Å². The summed E-state index contributed by atoms with van der Waals surface area (Å²) in [5, 5.41) is 7.57. The minimum absolute atomic E-state index is 0.250. The Morgan fingerprint density at radius 2 is 1.60 bits per heavy atom. The topological polar surface area (TPSA) is 20.2 Å². The van der Waals surface area contributed by atoms with Gasteiger partial charge in [-0.3, -0.25) is 0 Å². The Labute approximate surface area is 38.4 Å². The van der Waals surface area contributed by atoms with Crippen molar-refractivity contribution in [3.63, 3.8) is 0 Å². The fourth-order valence-electron chi connectivity index (χ4n) is 0. The number of rotatable bonds is 0. The third kappa shape index (κ3) is 239. The van der Waals surface area contributed by atoms with Gasteiger partial charge in [-0.1, -0.05) is 0 Å². The zero-order chi connectivity index (χ0) is 4.71. The second-order valence-electron chi connectivity index (χ2n) is 0.316. The number of hydrogen-bond acceptors (Lipinski definition) is 2. The molecule has 0 heterocycles. The first-order valence-electron chi connectivity index (χ1n) is 1.47. The summed E-state index contributed by atoms with van der Waals surface area (Å²) in [5.41, 5.74) is 0. The monoisotopic (exact) mass is 94.0 g/mol. The van der Waals surface area contributed by atoms with Gasteiger partial charge in [0.25, 0.3) is 0 Å². The lowest BCUT2D eigenvalue weighted by Gasteiger charge is -1.52. The lowest BCUT2D eigenvalue weighted by molar-refractivity contribution is 0.318. The van der Waals surface area contributed by atoms with Crippen molar-refractivity contribution in [3.05, 3.63) is 0 Å². The molecule has 0 amide bonds. The zero-order valence-electron chi connectivity index (χ0n) is 3.60. The molecular formula is C3H10OS. The SMILES string of the molecule is CCO.CS. The van der Waals surface area contributed by atoms with Crippen molar-refractivity contribution < 1.29 is 5.11 Å². The largest absolute Gasteiger partial charge is 0.397 e. The zero-order valence-corrected chi connectivity index (χ0v) is 4.50. The first-order chi connectivity index (χ1) is 2.41. The molecule has 0 bridgehead atoms. The van der Waals surface area contributed by atoms with E-state index in [-0.39, 0.29) is 6.61 Å². The summed E-state index contributed by atoms with van der Waals surface area (Å²) in [6.45, 7) is 1.93. The highest BCUT2D eigenvalue weighted by Gasteiger charge is 1.34. The van der Waals surface area contributed by atoms with Crippen LogP contribution in [0.1, 0.15) is 6.92 Å². The normalized spacial score (nSPS) is 4.80. The molecule has 0 fully saturated rings. The number of aliphatic hydroxyl groups is 1. The highest BCUT2D eigenvalue weighted by Crippen LogP contribution is 1.31. The first kappa shape index (κ1) is 9.00. The highest BCUT2D eigenvalue weighted by atomic mass is 32.1. The minimum Gasteiger partial charge on any atom is -0.397 e. The molecule has 0 saturated heterocycles. The van der Waals surface area contributed by atoms with E-state index in [0.29, 0.717) is 0 Å². The van der Waals surface area contributed by atoms with Crippen molar-refractivity contribution in [2.24, 2.45) is 0 Å². The van der Waals surface area contributed by atoms with E-state index in [9.17, 15) is 0 Å². The van der Waals surface area contributed by atoms with Crippen LogP contribution in [0.5, 0.6) is 0 Å². The third-order valence-electron chi connectivity index (χ3n) is 0. The van der Waals surface area contributed by atoms with E-state index < -0.39 is 0 Å². The summed E-state index contributed by atoms with van der Waals surface area (Å²) < 4.78 is 0. The molecule has 0 aromatic heterocycles. The number of hydrogen-bond donors (Lipinski definition) is 2. The van der Waals surface area contributed by atoms with Crippen LogP contribution < -0.4 is 0 Å². The Morgan fingerprint density at radius 3 is 1.60 bits per heavy atom. The van der Waals surface area contributed by atoms with Crippen LogP contribution in [0.2, 0.25) is 0 Å². The van der Waals surface area contributed by atoms with Crippen molar-refractivity contribution in [3.8, 4) is 0 Å². The average Bonchev–Trinajstić information content (AvgIpc) is 1.46. The third-order valence-corrected chi connectivity index (χ3v) is 0. The molecule has 0 radical (unpaired) electrons. The standard InChI is InChI=1S/C2H6O.CH4S/c1-2-3;1-2/h3H,2H2,1H3;2H,1H3. The van der Waals surface area contributed by atoms with Gasteiger partial charge < -0.3 is 5.11 Å². The lowest BCUT2D eigenvalue weighted by Crippen LogP contribution is -1.57. The van der Waals surface area contributed by atoms with Gasteiger partial charge in [0, 0.05) is 6.61 Å². The number of thiol groups is 1. The van der Waals surface area contributed by atoms with Gasteiger partial charge in [-0.15, -0.1) is 0 Å².